The highest BCUT2D eigenvalue weighted by molar-refractivity contribution is 5.22. The van der Waals surface area contributed by atoms with Gasteiger partial charge in [-0.3, -0.25) is 0 Å². The van der Waals surface area contributed by atoms with E-state index in [4.69, 9.17) is 5.73 Å². The lowest BCUT2D eigenvalue weighted by atomic mass is 10.1. The van der Waals surface area contributed by atoms with E-state index in [1.807, 2.05) is 13.8 Å². The van der Waals surface area contributed by atoms with Crippen molar-refractivity contribution >= 4 is 0 Å². The number of nitrogens with two attached hydrogens (primary N) is 1. The summed E-state index contributed by atoms with van der Waals surface area (Å²) in [5.41, 5.74) is 8.20. The molecule has 80 valence electrons. The van der Waals surface area contributed by atoms with E-state index in [0.717, 1.165) is 13.0 Å². The fourth-order valence-corrected chi connectivity index (χ4v) is 1.34. The topological polar surface area (TPSA) is 26.0 Å². The Hall–Kier alpha value is -0.820. The van der Waals surface area contributed by atoms with Crippen molar-refractivity contribution in [3.8, 4) is 0 Å². The van der Waals surface area contributed by atoms with Crippen molar-refractivity contribution in [1.29, 1.82) is 0 Å². The molecule has 2 N–H and O–H groups in total. The van der Waals surface area contributed by atoms with Crippen LogP contribution in [0.15, 0.2) is 24.3 Å². The van der Waals surface area contributed by atoms with Gasteiger partial charge in [-0.05, 0) is 38.3 Å². The molecule has 0 atom stereocenters. The first-order valence-corrected chi connectivity index (χ1v) is 5.58. The van der Waals surface area contributed by atoms with Gasteiger partial charge in [-0.1, -0.05) is 43.7 Å². The van der Waals surface area contributed by atoms with E-state index in [9.17, 15) is 0 Å². The molecular formula is C13H23N. The van der Waals surface area contributed by atoms with Crippen LogP contribution in [0.5, 0.6) is 0 Å². The lowest BCUT2D eigenvalue weighted by molar-refractivity contribution is 0.744. The number of rotatable bonds is 4. The van der Waals surface area contributed by atoms with Crippen molar-refractivity contribution in [3.05, 3.63) is 35.4 Å². The minimum absolute atomic E-state index is 0.811. The first-order chi connectivity index (χ1) is 6.83. The van der Waals surface area contributed by atoms with Gasteiger partial charge in [0.1, 0.15) is 0 Å². The Balaban J connectivity index is 0.000000791. The second-order valence-corrected chi connectivity index (χ2v) is 3.23. The van der Waals surface area contributed by atoms with Crippen molar-refractivity contribution in [3.63, 3.8) is 0 Å². The summed E-state index contributed by atoms with van der Waals surface area (Å²) >= 11 is 0. The number of aryl methyl sites for hydroxylation is 2. The predicted molar refractivity (Wildman–Crippen MR) is 64.5 cm³/mol. The third kappa shape index (κ3) is 5.76. The summed E-state index contributed by atoms with van der Waals surface area (Å²) in [5.74, 6) is 0. The zero-order valence-corrected chi connectivity index (χ0v) is 9.72. The van der Waals surface area contributed by atoms with E-state index >= 15 is 0 Å². The molecule has 0 aliphatic heterocycles. The van der Waals surface area contributed by atoms with Gasteiger partial charge in [0.15, 0.2) is 0 Å². The first kappa shape index (κ1) is 13.2. The molecule has 0 amide bonds. The highest BCUT2D eigenvalue weighted by Gasteiger charge is 1.92. The largest absolute Gasteiger partial charge is 0.330 e. The molecule has 0 spiro atoms. The summed E-state index contributed by atoms with van der Waals surface area (Å²) in [5, 5.41) is 0. The smallest absolute Gasteiger partial charge is 0.00772 e. The molecular weight excluding hydrogens is 170 g/mol. The summed E-state index contributed by atoms with van der Waals surface area (Å²) in [6, 6.07) is 8.68. The van der Waals surface area contributed by atoms with Crippen LogP contribution in [0.3, 0.4) is 0 Å². The van der Waals surface area contributed by atoms with Crippen LogP contribution in [0, 0.1) is 6.92 Å². The van der Waals surface area contributed by atoms with Crippen LogP contribution in [-0.4, -0.2) is 6.54 Å². The maximum absolute atomic E-state index is 5.42. The van der Waals surface area contributed by atoms with Gasteiger partial charge < -0.3 is 5.73 Å². The van der Waals surface area contributed by atoms with Crippen LogP contribution in [-0.2, 0) is 6.42 Å². The molecule has 0 bridgehead atoms. The van der Waals surface area contributed by atoms with Crippen molar-refractivity contribution in [2.75, 3.05) is 6.54 Å². The van der Waals surface area contributed by atoms with Crippen LogP contribution in [0.1, 0.15) is 37.8 Å². The van der Waals surface area contributed by atoms with Gasteiger partial charge in [0.2, 0.25) is 0 Å². The molecule has 1 nitrogen and oxygen atoms in total. The molecule has 0 aliphatic rings. The van der Waals surface area contributed by atoms with Crippen molar-refractivity contribution in [2.24, 2.45) is 5.73 Å². The molecule has 0 radical (unpaired) electrons. The molecule has 1 aromatic carbocycles. The van der Waals surface area contributed by atoms with Gasteiger partial charge in [0, 0.05) is 0 Å². The third-order valence-electron chi connectivity index (χ3n) is 2.00. The fraction of sp³-hybridized carbons (Fsp3) is 0.538. The van der Waals surface area contributed by atoms with Crippen LogP contribution in [0.25, 0.3) is 0 Å². The molecule has 0 saturated heterocycles. The average Bonchev–Trinajstić information content (AvgIpc) is 2.21. The molecule has 1 aromatic rings. The quantitative estimate of drug-likeness (QED) is 0.729. The highest BCUT2D eigenvalue weighted by atomic mass is 14.5. The van der Waals surface area contributed by atoms with Gasteiger partial charge in [-0.25, -0.2) is 0 Å². The second kappa shape index (κ2) is 8.76. The monoisotopic (exact) mass is 193 g/mol. The van der Waals surface area contributed by atoms with Crippen molar-refractivity contribution in [1.82, 2.24) is 0 Å². The Morgan fingerprint density at radius 2 is 1.86 bits per heavy atom. The average molecular weight is 193 g/mol. The normalized spacial score (nSPS) is 9.14. The van der Waals surface area contributed by atoms with Crippen molar-refractivity contribution in [2.45, 2.75) is 40.0 Å². The van der Waals surface area contributed by atoms with Gasteiger partial charge >= 0.3 is 0 Å². The van der Waals surface area contributed by atoms with E-state index in [-0.39, 0.29) is 0 Å². The first-order valence-electron chi connectivity index (χ1n) is 5.58. The van der Waals surface area contributed by atoms with Crippen LogP contribution < -0.4 is 5.73 Å². The predicted octanol–water partition coefficient (Wildman–Crippen LogP) is 3.30. The van der Waals surface area contributed by atoms with E-state index in [1.165, 1.54) is 24.0 Å². The summed E-state index contributed by atoms with van der Waals surface area (Å²) < 4.78 is 0. The number of hydrogen-bond donors (Lipinski definition) is 1. The Bertz CT molecular complexity index is 230. The molecule has 14 heavy (non-hydrogen) atoms. The Labute approximate surface area is 88.3 Å². The van der Waals surface area contributed by atoms with Gasteiger partial charge in [-0.2, -0.15) is 0 Å². The molecule has 0 heterocycles. The van der Waals surface area contributed by atoms with E-state index in [2.05, 4.69) is 31.2 Å². The van der Waals surface area contributed by atoms with E-state index in [0.29, 0.717) is 0 Å². The number of unbranched alkanes of at least 4 members (excludes halogenated alkanes) is 1. The lowest BCUT2D eigenvalue weighted by Crippen LogP contribution is -1.98. The van der Waals surface area contributed by atoms with Gasteiger partial charge in [-0.15, -0.1) is 0 Å². The molecule has 0 saturated carbocycles. The molecule has 0 aromatic heterocycles. The Morgan fingerprint density at radius 3 is 2.43 bits per heavy atom. The maximum atomic E-state index is 5.42. The SMILES string of the molecule is CC.Cc1cccc(CCCCN)c1. The molecule has 1 heteroatoms. The van der Waals surface area contributed by atoms with Crippen LogP contribution >= 0.6 is 0 Å². The summed E-state index contributed by atoms with van der Waals surface area (Å²) in [6.07, 6.45) is 3.51. The van der Waals surface area contributed by atoms with Crippen LogP contribution in [0.4, 0.5) is 0 Å². The molecule has 1 rings (SSSR count). The van der Waals surface area contributed by atoms with Gasteiger partial charge in [0.05, 0.1) is 0 Å². The summed E-state index contributed by atoms with van der Waals surface area (Å²) in [4.78, 5) is 0. The Morgan fingerprint density at radius 1 is 1.14 bits per heavy atom. The number of benzene rings is 1. The van der Waals surface area contributed by atoms with E-state index in [1.54, 1.807) is 0 Å². The maximum Gasteiger partial charge on any atom is -0.00772 e. The lowest BCUT2D eigenvalue weighted by Gasteiger charge is -2.00. The molecule has 0 aliphatic carbocycles. The zero-order chi connectivity index (χ0) is 10.8. The summed E-state index contributed by atoms with van der Waals surface area (Å²) in [6.45, 7) is 6.94. The number of hydrogen-bond acceptors (Lipinski definition) is 1. The fourth-order valence-electron chi connectivity index (χ4n) is 1.34. The highest BCUT2D eigenvalue weighted by Crippen LogP contribution is 2.07. The van der Waals surface area contributed by atoms with E-state index < -0.39 is 0 Å². The minimum Gasteiger partial charge on any atom is -0.330 e. The minimum atomic E-state index is 0.811. The zero-order valence-electron chi connectivity index (χ0n) is 9.72. The summed E-state index contributed by atoms with van der Waals surface area (Å²) in [7, 11) is 0. The molecule has 0 unspecified atom stereocenters. The van der Waals surface area contributed by atoms with Crippen molar-refractivity contribution < 1.29 is 0 Å². The van der Waals surface area contributed by atoms with Crippen LogP contribution in [0.2, 0.25) is 0 Å². The third-order valence-corrected chi connectivity index (χ3v) is 2.00. The molecule has 0 fully saturated rings. The second-order valence-electron chi connectivity index (χ2n) is 3.23. The Kier molecular flexibility index (Phi) is 8.25. The standard InChI is InChI=1S/C11H17N.C2H6/c1-10-5-4-7-11(9-10)6-2-3-8-12;1-2/h4-5,7,9H,2-3,6,8,12H2,1H3;1-2H3. The van der Waals surface area contributed by atoms with Gasteiger partial charge in [0.25, 0.3) is 0 Å².